The fourth-order valence-electron chi connectivity index (χ4n) is 12.4. The third kappa shape index (κ3) is 22.5. The van der Waals surface area contributed by atoms with Gasteiger partial charge in [-0.25, -0.2) is 19.5 Å². The number of imide groups is 1. The molecule has 2 unspecified atom stereocenters. The SMILES string of the molecule is CCN(CC)CC.CCN(CC)CC.Nc1nc(NCCNC(=O)CNC(=O)[C@@H](CC(=O)CNC(=O)CCC(=O)CCCCCN2C(=O)C=CC2=O)Cc2ccccc2)nc2c1ncn2[C@@H]1O[C@@H]2COP([O-])(=S)O[C@H]3[C@@H](O)[C@H](n4cc5c6c(ncnc64)CCCC5)O[C@@H]3COP(=O)(S)O[C@@H]1[C@@H]2O. The first kappa shape index (κ1) is 81.1. The fourth-order valence-corrected chi connectivity index (χ4v) is 15.3. The van der Waals surface area contributed by atoms with Gasteiger partial charge in [0.15, 0.2) is 29.7 Å². The predicted octanol–water partition coefficient (Wildman–Crippen LogP) is 3.80. The number of nitrogens with one attached hydrogen (secondary N) is 4. The number of aryl methyl sites for hydroxylation is 2. The van der Waals surface area contributed by atoms with Gasteiger partial charge in [0.1, 0.15) is 66.6 Å². The summed E-state index contributed by atoms with van der Waals surface area (Å²) in [5.41, 5.74) is 9.54. The van der Waals surface area contributed by atoms with Crippen LogP contribution < -0.4 is 31.9 Å². The average molecular weight is 1500 g/mol. The first-order chi connectivity index (χ1) is 48.9. The lowest BCUT2D eigenvalue weighted by Gasteiger charge is -2.34. The van der Waals surface area contributed by atoms with Gasteiger partial charge in [0, 0.05) is 75.0 Å². The van der Waals surface area contributed by atoms with Gasteiger partial charge < -0.3 is 75.0 Å². The van der Waals surface area contributed by atoms with Gasteiger partial charge in [-0.2, -0.15) is 9.97 Å². The Morgan fingerprint density at radius 2 is 1.41 bits per heavy atom. The van der Waals surface area contributed by atoms with E-state index in [1.807, 2.05) is 6.20 Å². The monoisotopic (exact) mass is 1500 g/mol. The maximum Gasteiger partial charge on any atom is 0.386 e. The second-order valence-corrected chi connectivity index (χ2v) is 30.5. The number of imidazole rings is 1. The van der Waals surface area contributed by atoms with Crippen LogP contribution in [-0.4, -0.2) is 222 Å². The average Bonchev–Trinajstić information content (AvgIpc) is 1.60. The van der Waals surface area contributed by atoms with Gasteiger partial charge >= 0.3 is 6.80 Å². The van der Waals surface area contributed by atoms with Crippen LogP contribution in [0, 0.1) is 5.92 Å². The Bertz CT molecular complexity index is 3770. The van der Waals surface area contributed by atoms with E-state index in [0.717, 1.165) is 52.8 Å². The molecule has 1 aliphatic carbocycles. The number of nitrogens with two attached hydrogens (primary N) is 1. The van der Waals surface area contributed by atoms with E-state index >= 15 is 0 Å². The molecule has 3 fully saturated rings. The number of hydrogen-bond acceptors (Lipinski definition) is 27. The molecular weight excluding hydrogens is 1400 g/mol. The van der Waals surface area contributed by atoms with Crippen molar-refractivity contribution in [3.05, 3.63) is 78.2 Å². The number of fused-ring (bicyclic) bond motifs is 4. The summed E-state index contributed by atoms with van der Waals surface area (Å²) in [5.74, 6) is -4.00. The zero-order chi connectivity index (χ0) is 73.7. The Kier molecular flexibility index (Phi) is 31.0. The van der Waals surface area contributed by atoms with E-state index in [1.54, 1.807) is 34.9 Å². The van der Waals surface area contributed by atoms with Crippen molar-refractivity contribution in [2.24, 2.45) is 5.92 Å². The van der Waals surface area contributed by atoms with Crippen LogP contribution in [0.3, 0.4) is 0 Å². The van der Waals surface area contributed by atoms with Gasteiger partial charge in [0.05, 0.1) is 38.3 Å². The van der Waals surface area contributed by atoms with E-state index in [-0.39, 0.29) is 98.8 Å². The van der Waals surface area contributed by atoms with Crippen LogP contribution in [0.5, 0.6) is 0 Å². The van der Waals surface area contributed by atoms with Crippen LogP contribution >= 0.6 is 25.8 Å². The molecule has 102 heavy (non-hydrogen) atoms. The number of aromatic nitrogens is 7. The minimum Gasteiger partial charge on any atom is -0.780 e. The molecule has 560 valence electrons. The van der Waals surface area contributed by atoms with Crippen molar-refractivity contribution < 1.29 is 80.8 Å². The molecule has 8 heterocycles. The van der Waals surface area contributed by atoms with Crippen molar-refractivity contribution in [3.63, 3.8) is 0 Å². The zero-order valence-corrected chi connectivity index (χ0v) is 62.0. The molecular formula is C66H96N15O17P2S2-. The number of Topliss-reactive ketones (excluding diaryl/α,β-unsaturated/α-hetero) is 2. The molecule has 32 nitrogen and oxygen atoms in total. The van der Waals surface area contributed by atoms with Crippen LogP contribution in [0.4, 0.5) is 11.8 Å². The van der Waals surface area contributed by atoms with Crippen LogP contribution in [0.15, 0.2) is 61.3 Å². The number of ketones is 2. The van der Waals surface area contributed by atoms with Crippen molar-refractivity contribution in [1.82, 2.24) is 64.7 Å². The second kappa shape index (κ2) is 39.0. The van der Waals surface area contributed by atoms with Gasteiger partial charge in [-0.3, -0.25) is 52.1 Å². The highest BCUT2D eigenvalue weighted by Crippen LogP contribution is 2.58. The third-order valence-corrected chi connectivity index (χ3v) is 21.3. The normalized spacial score (nSPS) is 24.4. The zero-order valence-electron chi connectivity index (χ0n) is 58.5. The molecule has 5 aromatic rings. The molecule has 1 aromatic carbocycles. The highest BCUT2D eigenvalue weighted by molar-refractivity contribution is 8.44. The number of nitrogens with zero attached hydrogens (tertiary/aromatic N) is 10. The van der Waals surface area contributed by atoms with Crippen molar-refractivity contribution in [2.75, 3.05) is 96.3 Å². The standard InChI is InChI=1S/C54H67N13O17P2S2.2C6H15N/c55-48-43-50(64-54(63-48)57-19-18-56-39(71)24-59-51(76)32(21-30-9-3-1-4-10-30)22-34(69)23-58-38(70)15-14-33(68)12-5-2-8-20-65-40(72)16-17-41(65)73)67(29-62-43)53-47-44(74)36(81-53)26-79-85(77,87)83-46-37(27-80-86(78,88)84-47)82-52(45(46)75)66-25-31-11-6-7-13-35-42(31)49(66)61-28-60-35;2*1-4-7(5-2)6-3/h1,3-4,9-10,16-17,25,28-29,32,36-37,44-47,52-53,74-75H,2,5-8,11-15,18-24,26-27H2,(H,56,71)(H,58,70)(H,59,76)(H,77,87)(H,78,88)(H3,55,57,63,64);2*4-6H2,1-3H3/p-1/t32-,36-,37-,44-,45-,46-,47-,52-,53-,85?,86?;;/m1../s1. The minimum atomic E-state index is -4.53. The van der Waals surface area contributed by atoms with Crippen LogP contribution in [0.2, 0.25) is 0 Å². The lowest BCUT2D eigenvalue weighted by molar-refractivity contribution is -0.217. The number of aliphatic hydroxyl groups excluding tert-OH is 2. The second-order valence-electron chi connectivity index (χ2n) is 25.0. The van der Waals surface area contributed by atoms with Gasteiger partial charge in [0.2, 0.25) is 23.7 Å². The number of aliphatic hydroxyl groups is 2. The topological polar surface area (TPSA) is 414 Å². The van der Waals surface area contributed by atoms with Crippen LogP contribution in [0.25, 0.3) is 22.2 Å². The Labute approximate surface area is 603 Å². The summed E-state index contributed by atoms with van der Waals surface area (Å²) in [5, 5.41) is 35.0. The molecule has 5 aliphatic rings. The van der Waals surface area contributed by atoms with Crippen LogP contribution in [0.1, 0.15) is 129 Å². The number of ether oxygens (including phenoxy) is 2. The largest absolute Gasteiger partial charge is 0.780 e. The molecule has 0 saturated carbocycles. The van der Waals surface area contributed by atoms with Gasteiger partial charge in [-0.1, -0.05) is 102 Å². The van der Waals surface area contributed by atoms with E-state index in [9.17, 15) is 53.2 Å². The Balaban J connectivity index is 0.000000854. The summed E-state index contributed by atoms with van der Waals surface area (Å²) in [6.07, 6.45) is 0.536. The molecule has 8 N–H and O–H groups in total. The number of nitrogen functional groups attached to an aromatic ring is 1. The number of unbranched alkanes of at least 4 members (excludes halogenated alkanes) is 2. The first-order valence-corrected chi connectivity index (χ1v) is 40.1. The highest BCUT2D eigenvalue weighted by atomic mass is 32.7. The molecule has 11 atom stereocenters. The third-order valence-electron chi connectivity index (χ3n) is 18.2. The Morgan fingerprint density at radius 1 is 0.735 bits per heavy atom. The molecule has 4 aromatic heterocycles. The van der Waals surface area contributed by atoms with E-state index in [0.29, 0.717) is 24.9 Å². The summed E-state index contributed by atoms with van der Waals surface area (Å²) in [4.78, 5) is 130. The maximum absolute atomic E-state index is 14.1. The van der Waals surface area contributed by atoms with E-state index in [4.69, 9.17) is 45.1 Å². The lowest BCUT2D eigenvalue weighted by atomic mass is 9.93. The summed E-state index contributed by atoms with van der Waals surface area (Å²) < 4.78 is 52.7. The van der Waals surface area contributed by atoms with E-state index < -0.39 is 112 Å². The number of amides is 5. The molecule has 10 rings (SSSR count). The summed E-state index contributed by atoms with van der Waals surface area (Å²) in [7, 11) is 0. The quantitative estimate of drug-likeness (QED) is 0.0140. The first-order valence-electron chi connectivity index (χ1n) is 34.8. The van der Waals surface area contributed by atoms with Gasteiger partial charge in [0.25, 0.3) is 11.8 Å². The summed E-state index contributed by atoms with van der Waals surface area (Å²) in [6.45, 7) is 9.43. The molecule has 4 aliphatic heterocycles. The molecule has 3 saturated heterocycles. The molecule has 36 heteroatoms. The fraction of sp³-hybridized carbons (Fsp3) is 0.606. The maximum atomic E-state index is 14.1. The number of rotatable bonds is 30. The number of carbonyl (C=O) groups is 7. The summed E-state index contributed by atoms with van der Waals surface area (Å²) >= 11 is 9.55. The van der Waals surface area contributed by atoms with E-state index in [2.05, 4.69) is 110 Å². The van der Waals surface area contributed by atoms with Crippen molar-refractivity contribution in [3.8, 4) is 0 Å². The lowest BCUT2D eigenvalue weighted by Crippen LogP contribution is -2.42. The number of carbonyl (C=O) groups excluding carboxylic acids is 7. The minimum absolute atomic E-state index is 0.00875. The van der Waals surface area contributed by atoms with Crippen molar-refractivity contribution in [2.45, 2.75) is 168 Å². The Hall–Kier alpha value is -6.59. The summed E-state index contributed by atoms with van der Waals surface area (Å²) in [6, 6.07) is 8.94. The van der Waals surface area contributed by atoms with Gasteiger partial charge in [-0.15, -0.1) is 0 Å². The van der Waals surface area contributed by atoms with Crippen LogP contribution in [-0.2, 0) is 96.8 Å². The number of hydrogen-bond donors (Lipinski definition) is 8. The number of anilines is 2. The highest BCUT2D eigenvalue weighted by Gasteiger charge is 2.52. The Morgan fingerprint density at radius 3 is 2.10 bits per heavy atom. The molecule has 0 spiro atoms. The molecule has 5 amide bonds. The van der Waals surface area contributed by atoms with Gasteiger partial charge in [-0.05, 0) is 95.3 Å². The number of thiol groups is 1. The van der Waals surface area contributed by atoms with Crippen molar-refractivity contribution >= 4 is 113 Å². The molecule has 2 bridgehead atoms. The predicted molar refractivity (Wildman–Crippen MR) is 383 cm³/mol. The van der Waals surface area contributed by atoms with E-state index in [1.165, 1.54) is 68.6 Å². The number of benzene rings is 1. The smallest absolute Gasteiger partial charge is 0.386 e. The van der Waals surface area contributed by atoms with Crippen molar-refractivity contribution in [1.29, 1.82) is 0 Å². The molecule has 0 radical (unpaired) electrons.